The minimum Gasteiger partial charge on any atom is -0.469 e. The second-order valence-electron chi connectivity index (χ2n) is 3.92. The highest BCUT2D eigenvalue weighted by atomic mass is 35.5. The van der Waals surface area contributed by atoms with Crippen molar-refractivity contribution < 1.29 is 9.53 Å². The van der Waals surface area contributed by atoms with Crippen LogP contribution in [0.15, 0.2) is 24.3 Å². The number of methoxy groups -OCH3 is 1. The molecule has 0 aliphatic carbocycles. The van der Waals surface area contributed by atoms with Gasteiger partial charge in [-0.15, -0.1) is 0 Å². The smallest absolute Gasteiger partial charge is 0.313 e. The van der Waals surface area contributed by atoms with E-state index >= 15 is 0 Å². The molecular weight excluding hydrogens is 252 g/mol. The first-order chi connectivity index (χ1) is 8.60. The lowest BCUT2D eigenvalue weighted by Gasteiger charge is -1.98. The molecular formula is C13H13ClN2O2. The Hall–Kier alpha value is -1.81. The van der Waals surface area contributed by atoms with Crippen molar-refractivity contribution in [1.29, 1.82) is 0 Å². The Labute approximate surface area is 110 Å². The Morgan fingerprint density at radius 1 is 1.50 bits per heavy atom. The molecule has 0 saturated heterocycles. The van der Waals surface area contributed by atoms with E-state index in [9.17, 15) is 4.79 Å². The number of H-pyrrole nitrogens is 1. The molecule has 94 valence electrons. The van der Waals surface area contributed by atoms with Crippen molar-refractivity contribution in [2.24, 2.45) is 0 Å². The molecule has 2 rings (SSSR count). The third-order valence-electron chi connectivity index (χ3n) is 2.57. The summed E-state index contributed by atoms with van der Waals surface area (Å²) in [7, 11) is 1.36. The van der Waals surface area contributed by atoms with E-state index in [1.165, 1.54) is 7.11 Å². The number of esters is 1. The van der Waals surface area contributed by atoms with Gasteiger partial charge in [-0.1, -0.05) is 23.7 Å². The van der Waals surface area contributed by atoms with Crippen LogP contribution >= 0.6 is 11.6 Å². The Kier molecular flexibility index (Phi) is 3.67. The number of nitrogens with zero attached hydrogens (tertiary/aromatic N) is 1. The minimum atomic E-state index is -0.318. The number of imidazole rings is 1. The van der Waals surface area contributed by atoms with Gasteiger partial charge in [-0.05, 0) is 19.1 Å². The van der Waals surface area contributed by atoms with Crippen LogP contribution in [0.3, 0.4) is 0 Å². The molecule has 0 unspecified atom stereocenters. The van der Waals surface area contributed by atoms with Gasteiger partial charge in [-0.25, -0.2) is 4.98 Å². The largest absolute Gasteiger partial charge is 0.469 e. The van der Waals surface area contributed by atoms with E-state index in [4.69, 9.17) is 11.6 Å². The molecule has 4 nitrogen and oxygen atoms in total. The van der Waals surface area contributed by atoms with Crippen LogP contribution in [0.2, 0.25) is 5.02 Å². The molecule has 0 bridgehead atoms. The van der Waals surface area contributed by atoms with Gasteiger partial charge in [0.15, 0.2) is 0 Å². The summed E-state index contributed by atoms with van der Waals surface area (Å²) >= 11 is 5.95. The van der Waals surface area contributed by atoms with Gasteiger partial charge < -0.3 is 9.72 Å². The predicted molar refractivity (Wildman–Crippen MR) is 69.5 cm³/mol. The van der Waals surface area contributed by atoms with Crippen molar-refractivity contribution in [2.75, 3.05) is 7.11 Å². The highest BCUT2D eigenvalue weighted by molar-refractivity contribution is 6.30. The van der Waals surface area contributed by atoms with Gasteiger partial charge in [-0.2, -0.15) is 0 Å². The summed E-state index contributed by atoms with van der Waals surface area (Å²) in [6, 6.07) is 7.44. The number of nitrogens with one attached hydrogen (secondary N) is 1. The molecule has 0 amide bonds. The molecule has 1 N–H and O–H groups in total. The zero-order valence-corrected chi connectivity index (χ0v) is 10.9. The van der Waals surface area contributed by atoms with Gasteiger partial charge in [0, 0.05) is 16.3 Å². The van der Waals surface area contributed by atoms with Crippen LogP contribution in [0.5, 0.6) is 0 Å². The Morgan fingerprint density at radius 3 is 2.94 bits per heavy atom. The minimum absolute atomic E-state index is 0.137. The van der Waals surface area contributed by atoms with Crippen LogP contribution in [0.1, 0.15) is 11.5 Å². The molecule has 0 fully saturated rings. The number of benzene rings is 1. The average molecular weight is 265 g/mol. The highest BCUT2D eigenvalue weighted by Gasteiger charge is 2.12. The van der Waals surface area contributed by atoms with Gasteiger partial charge in [0.1, 0.15) is 12.2 Å². The number of hydrogen-bond acceptors (Lipinski definition) is 3. The third kappa shape index (κ3) is 2.71. The molecule has 0 aliphatic heterocycles. The number of aryl methyl sites for hydroxylation is 1. The topological polar surface area (TPSA) is 55.0 Å². The first kappa shape index (κ1) is 12.6. The van der Waals surface area contributed by atoms with Crippen LogP contribution in [-0.4, -0.2) is 23.0 Å². The fourth-order valence-electron chi connectivity index (χ4n) is 1.73. The lowest BCUT2D eigenvalue weighted by atomic mass is 10.1. The Bertz CT molecular complexity index is 578. The van der Waals surface area contributed by atoms with Crippen molar-refractivity contribution in [1.82, 2.24) is 9.97 Å². The fraction of sp³-hybridized carbons (Fsp3) is 0.231. The maximum atomic E-state index is 11.2. The zero-order valence-electron chi connectivity index (χ0n) is 10.2. The van der Waals surface area contributed by atoms with Crippen LogP contribution in [0.25, 0.3) is 11.3 Å². The molecule has 0 aliphatic rings. The standard InChI is InChI=1S/C13H13ClN2O2/c1-8-13(9-4-3-5-10(14)6-9)16-11(15-8)7-12(17)18-2/h3-6H,7H2,1-2H3,(H,15,16). The summed E-state index contributed by atoms with van der Waals surface area (Å²) in [5.74, 6) is 0.274. The van der Waals surface area contributed by atoms with E-state index < -0.39 is 0 Å². The molecule has 0 saturated carbocycles. The number of halogens is 1. The summed E-state index contributed by atoms with van der Waals surface area (Å²) in [6.07, 6.45) is 0.137. The monoisotopic (exact) mass is 264 g/mol. The number of carbonyl (C=O) groups excluding carboxylic acids is 1. The van der Waals surface area contributed by atoms with Gasteiger partial charge in [0.2, 0.25) is 0 Å². The van der Waals surface area contributed by atoms with E-state index in [0.717, 1.165) is 17.0 Å². The quantitative estimate of drug-likeness (QED) is 0.868. The molecule has 5 heteroatoms. The Balaban J connectivity index is 2.32. The van der Waals surface area contributed by atoms with E-state index in [0.29, 0.717) is 10.8 Å². The number of carbonyl (C=O) groups is 1. The normalized spacial score (nSPS) is 10.4. The second-order valence-corrected chi connectivity index (χ2v) is 4.36. The van der Waals surface area contributed by atoms with Crippen LogP contribution in [-0.2, 0) is 16.0 Å². The zero-order chi connectivity index (χ0) is 13.1. The van der Waals surface area contributed by atoms with Gasteiger partial charge in [0.25, 0.3) is 0 Å². The van der Waals surface area contributed by atoms with Crippen LogP contribution in [0.4, 0.5) is 0 Å². The summed E-state index contributed by atoms with van der Waals surface area (Å²) in [4.78, 5) is 18.7. The molecule has 0 spiro atoms. The first-order valence-corrected chi connectivity index (χ1v) is 5.86. The predicted octanol–water partition coefficient (Wildman–Crippen LogP) is 2.75. The van der Waals surface area contributed by atoms with Gasteiger partial charge >= 0.3 is 5.97 Å². The van der Waals surface area contributed by atoms with Crippen molar-refractivity contribution in [3.05, 3.63) is 40.8 Å². The SMILES string of the molecule is COC(=O)Cc1nc(-c2cccc(Cl)c2)c(C)[nH]1. The number of aromatic amines is 1. The van der Waals surface area contributed by atoms with Gasteiger partial charge in [0.05, 0.1) is 12.8 Å². The number of hydrogen-bond donors (Lipinski definition) is 1. The Morgan fingerprint density at radius 2 is 2.28 bits per heavy atom. The van der Waals surface area contributed by atoms with Crippen molar-refractivity contribution in [3.8, 4) is 11.3 Å². The van der Waals surface area contributed by atoms with E-state index in [-0.39, 0.29) is 12.4 Å². The van der Waals surface area contributed by atoms with E-state index in [1.54, 1.807) is 0 Å². The maximum Gasteiger partial charge on any atom is 0.313 e. The molecule has 0 atom stereocenters. The van der Waals surface area contributed by atoms with Crippen molar-refractivity contribution in [3.63, 3.8) is 0 Å². The maximum absolute atomic E-state index is 11.2. The van der Waals surface area contributed by atoms with Crippen LogP contribution in [0, 0.1) is 6.92 Å². The lowest BCUT2D eigenvalue weighted by molar-refractivity contribution is -0.139. The summed E-state index contributed by atoms with van der Waals surface area (Å²) in [5.41, 5.74) is 2.62. The van der Waals surface area contributed by atoms with Crippen LogP contribution < -0.4 is 0 Å². The summed E-state index contributed by atoms with van der Waals surface area (Å²) < 4.78 is 4.61. The molecule has 18 heavy (non-hydrogen) atoms. The number of aromatic nitrogens is 2. The summed E-state index contributed by atoms with van der Waals surface area (Å²) in [5, 5.41) is 0.657. The third-order valence-corrected chi connectivity index (χ3v) is 2.81. The molecule has 0 radical (unpaired) electrons. The van der Waals surface area contributed by atoms with Crippen molar-refractivity contribution in [2.45, 2.75) is 13.3 Å². The molecule has 1 aromatic carbocycles. The lowest BCUT2D eigenvalue weighted by Crippen LogP contribution is -2.05. The number of ether oxygens (including phenoxy) is 1. The average Bonchev–Trinajstić information content (AvgIpc) is 2.70. The molecule has 2 aromatic rings. The summed E-state index contributed by atoms with van der Waals surface area (Å²) in [6.45, 7) is 1.91. The first-order valence-electron chi connectivity index (χ1n) is 5.48. The van der Waals surface area contributed by atoms with E-state index in [1.807, 2.05) is 31.2 Å². The highest BCUT2D eigenvalue weighted by Crippen LogP contribution is 2.24. The van der Waals surface area contributed by atoms with Gasteiger partial charge in [-0.3, -0.25) is 4.79 Å². The number of rotatable bonds is 3. The second kappa shape index (κ2) is 5.23. The van der Waals surface area contributed by atoms with E-state index in [2.05, 4.69) is 14.7 Å². The van der Waals surface area contributed by atoms with Crippen molar-refractivity contribution >= 4 is 17.6 Å². The molecule has 1 aromatic heterocycles. The molecule has 1 heterocycles. The fourth-order valence-corrected chi connectivity index (χ4v) is 1.92.